The SMILES string of the molecule is CCCCC(=O)[C@@H](C(=O)OCC)C12CC3CC(CC(C3)C1)C2. The number of hydrogen-bond donors (Lipinski definition) is 0. The molecule has 4 saturated carbocycles. The Kier molecular flexibility index (Phi) is 4.61. The van der Waals surface area contributed by atoms with Crippen molar-refractivity contribution in [2.75, 3.05) is 6.61 Å². The summed E-state index contributed by atoms with van der Waals surface area (Å²) >= 11 is 0. The van der Waals surface area contributed by atoms with E-state index in [1.165, 1.54) is 19.3 Å². The van der Waals surface area contributed by atoms with Crippen LogP contribution < -0.4 is 0 Å². The first-order chi connectivity index (χ1) is 10.6. The average molecular weight is 306 g/mol. The lowest BCUT2D eigenvalue weighted by Gasteiger charge is -2.58. The van der Waals surface area contributed by atoms with Crippen molar-refractivity contribution in [1.29, 1.82) is 0 Å². The molecule has 1 atom stereocenters. The van der Waals surface area contributed by atoms with Crippen molar-refractivity contribution in [3.05, 3.63) is 0 Å². The third-order valence-electron chi connectivity index (χ3n) is 6.32. The fraction of sp³-hybridized carbons (Fsp3) is 0.895. The molecule has 0 aromatic rings. The molecule has 0 aliphatic heterocycles. The summed E-state index contributed by atoms with van der Waals surface area (Å²) < 4.78 is 5.33. The second kappa shape index (κ2) is 6.33. The molecule has 0 unspecified atom stereocenters. The monoisotopic (exact) mass is 306 g/mol. The second-order valence-corrected chi connectivity index (χ2v) is 8.03. The zero-order chi connectivity index (χ0) is 15.7. The number of ketones is 1. The Morgan fingerprint density at radius 2 is 1.59 bits per heavy atom. The summed E-state index contributed by atoms with van der Waals surface area (Å²) in [6.07, 6.45) is 9.68. The van der Waals surface area contributed by atoms with Gasteiger partial charge in [-0.15, -0.1) is 0 Å². The molecule has 3 heteroatoms. The Morgan fingerprint density at radius 1 is 1.05 bits per heavy atom. The van der Waals surface area contributed by atoms with Crippen LogP contribution in [0.3, 0.4) is 0 Å². The third kappa shape index (κ3) is 2.83. The molecule has 0 aromatic carbocycles. The topological polar surface area (TPSA) is 43.4 Å². The number of unbranched alkanes of at least 4 members (excludes halogenated alkanes) is 1. The first-order valence-corrected chi connectivity index (χ1v) is 9.27. The molecule has 4 bridgehead atoms. The van der Waals surface area contributed by atoms with Gasteiger partial charge < -0.3 is 4.74 Å². The maximum Gasteiger partial charge on any atom is 0.317 e. The van der Waals surface area contributed by atoms with Gasteiger partial charge in [0, 0.05) is 6.42 Å². The number of carbonyl (C=O) groups excluding carboxylic acids is 2. The van der Waals surface area contributed by atoms with Gasteiger partial charge in [-0.05, 0) is 75.0 Å². The fourth-order valence-corrected chi connectivity index (χ4v) is 5.98. The molecule has 0 amide bonds. The lowest BCUT2D eigenvalue weighted by Crippen LogP contribution is -2.53. The predicted octanol–water partition coefficient (Wildman–Crippen LogP) is 4.14. The fourth-order valence-electron chi connectivity index (χ4n) is 5.98. The zero-order valence-electron chi connectivity index (χ0n) is 14.1. The molecule has 0 heterocycles. The van der Waals surface area contributed by atoms with Crippen molar-refractivity contribution in [3.63, 3.8) is 0 Å². The first-order valence-electron chi connectivity index (χ1n) is 9.27. The van der Waals surface area contributed by atoms with Crippen molar-refractivity contribution in [2.24, 2.45) is 29.1 Å². The van der Waals surface area contributed by atoms with Crippen molar-refractivity contribution < 1.29 is 14.3 Å². The highest BCUT2D eigenvalue weighted by molar-refractivity contribution is 6.00. The molecule has 4 aliphatic rings. The molecule has 4 aliphatic carbocycles. The molecule has 22 heavy (non-hydrogen) atoms. The minimum atomic E-state index is -0.479. The van der Waals surface area contributed by atoms with Crippen LogP contribution in [0.2, 0.25) is 0 Å². The van der Waals surface area contributed by atoms with Gasteiger partial charge in [0.1, 0.15) is 11.7 Å². The van der Waals surface area contributed by atoms with Gasteiger partial charge in [-0.3, -0.25) is 9.59 Å². The van der Waals surface area contributed by atoms with E-state index in [4.69, 9.17) is 4.74 Å². The Balaban J connectivity index is 1.84. The van der Waals surface area contributed by atoms with Crippen LogP contribution in [0, 0.1) is 29.1 Å². The van der Waals surface area contributed by atoms with Gasteiger partial charge in [-0.25, -0.2) is 0 Å². The Hall–Kier alpha value is -0.860. The maximum atomic E-state index is 12.8. The number of esters is 1. The summed E-state index contributed by atoms with van der Waals surface area (Å²) in [6.45, 7) is 4.31. The third-order valence-corrected chi connectivity index (χ3v) is 6.32. The number of hydrogen-bond acceptors (Lipinski definition) is 3. The lowest BCUT2D eigenvalue weighted by atomic mass is 9.46. The van der Waals surface area contributed by atoms with Gasteiger partial charge in [0.15, 0.2) is 0 Å². The number of Topliss-reactive ketones (excluding diaryl/α,β-unsaturated/α-hetero) is 1. The summed E-state index contributed by atoms with van der Waals surface area (Å²) in [5, 5.41) is 0. The molecule has 124 valence electrons. The van der Waals surface area contributed by atoms with Crippen LogP contribution in [0.15, 0.2) is 0 Å². The van der Waals surface area contributed by atoms with Gasteiger partial charge >= 0.3 is 5.97 Å². The van der Waals surface area contributed by atoms with E-state index in [0.29, 0.717) is 13.0 Å². The molecule has 0 saturated heterocycles. The highest BCUT2D eigenvalue weighted by atomic mass is 16.5. The zero-order valence-corrected chi connectivity index (χ0v) is 14.1. The van der Waals surface area contributed by atoms with E-state index in [2.05, 4.69) is 6.92 Å². The van der Waals surface area contributed by atoms with E-state index in [0.717, 1.165) is 49.9 Å². The summed E-state index contributed by atoms with van der Waals surface area (Å²) in [7, 11) is 0. The number of ether oxygens (including phenoxy) is 1. The van der Waals surface area contributed by atoms with Crippen LogP contribution in [0.4, 0.5) is 0 Å². The van der Waals surface area contributed by atoms with Crippen LogP contribution in [0.25, 0.3) is 0 Å². The molecule has 4 rings (SSSR count). The van der Waals surface area contributed by atoms with E-state index in [-0.39, 0.29) is 17.2 Å². The maximum absolute atomic E-state index is 12.8. The van der Waals surface area contributed by atoms with E-state index < -0.39 is 5.92 Å². The van der Waals surface area contributed by atoms with E-state index >= 15 is 0 Å². The molecule has 0 spiro atoms. The summed E-state index contributed by atoms with van der Waals surface area (Å²) in [4.78, 5) is 25.5. The predicted molar refractivity (Wildman–Crippen MR) is 85.3 cm³/mol. The number of rotatable bonds is 7. The highest BCUT2D eigenvalue weighted by Gasteiger charge is 2.58. The molecule has 0 radical (unpaired) electrons. The molecular weight excluding hydrogens is 276 g/mol. The quantitative estimate of drug-likeness (QED) is 0.524. The largest absolute Gasteiger partial charge is 0.465 e. The Morgan fingerprint density at radius 3 is 2.05 bits per heavy atom. The van der Waals surface area contributed by atoms with E-state index in [1.807, 2.05) is 6.92 Å². The summed E-state index contributed by atoms with van der Waals surface area (Å²) in [6, 6.07) is 0. The minimum absolute atomic E-state index is 0.0637. The van der Waals surface area contributed by atoms with Crippen molar-refractivity contribution in [2.45, 2.75) is 71.6 Å². The standard InChI is InChI=1S/C19H30O3/c1-3-5-6-16(20)17(18(21)22-4-2)19-10-13-7-14(11-19)9-15(8-13)12-19/h13-15,17H,3-12H2,1-2H3/t13?,14?,15?,17-,19?/m0/s1. The van der Waals surface area contributed by atoms with Gasteiger partial charge in [0.05, 0.1) is 6.61 Å². The first kappa shape index (κ1) is 16.0. The van der Waals surface area contributed by atoms with Gasteiger partial charge in [-0.1, -0.05) is 13.3 Å². The van der Waals surface area contributed by atoms with Crippen molar-refractivity contribution in [3.8, 4) is 0 Å². The second-order valence-electron chi connectivity index (χ2n) is 8.03. The van der Waals surface area contributed by atoms with Gasteiger partial charge in [0.2, 0.25) is 0 Å². The average Bonchev–Trinajstić information content (AvgIpc) is 2.43. The van der Waals surface area contributed by atoms with Crippen LogP contribution in [-0.2, 0) is 14.3 Å². The smallest absolute Gasteiger partial charge is 0.317 e. The molecule has 0 N–H and O–H groups in total. The molecular formula is C19H30O3. The molecule has 0 aromatic heterocycles. The Bertz CT molecular complexity index is 405. The van der Waals surface area contributed by atoms with Gasteiger partial charge in [0.25, 0.3) is 0 Å². The van der Waals surface area contributed by atoms with Crippen LogP contribution >= 0.6 is 0 Å². The molecule has 3 nitrogen and oxygen atoms in total. The van der Waals surface area contributed by atoms with Gasteiger partial charge in [-0.2, -0.15) is 0 Å². The summed E-state index contributed by atoms with van der Waals surface area (Å²) in [5.74, 6) is 1.70. The summed E-state index contributed by atoms with van der Waals surface area (Å²) in [5.41, 5.74) is -0.0637. The van der Waals surface area contributed by atoms with Crippen LogP contribution in [-0.4, -0.2) is 18.4 Å². The highest BCUT2D eigenvalue weighted by Crippen LogP contribution is 2.63. The number of carbonyl (C=O) groups is 2. The minimum Gasteiger partial charge on any atom is -0.465 e. The van der Waals surface area contributed by atoms with Crippen molar-refractivity contribution in [1.82, 2.24) is 0 Å². The lowest BCUT2D eigenvalue weighted by molar-refractivity contribution is -0.168. The molecule has 4 fully saturated rings. The van der Waals surface area contributed by atoms with E-state index in [1.54, 1.807) is 0 Å². The van der Waals surface area contributed by atoms with Crippen molar-refractivity contribution >= 4 is 11.8 Å². The van der Waals surface area contributed by atoms with E-state index in [9.17, 15) is 9.59 Å². The Labute approximate surface area is 134 Å². The van der Waals surface area contributed by atoms with Crippen LogP contribution in [0.1, 0.15) is 71.6 Å². The van der Waals surface area contributed by atoms with Crippen LogP contribution in [0.5, 0.6) is 0 Å². The normalized spacial score (nSPS) is 37.1.